The summed E-state index contributed by atoms with van der Waals surface area (Å²) >= 11 is 0. The zero-order valence-corrected chi connectivity index (χ0v) is 13.4. The van der Waals surface area contributed by atoms with Gasteiger partial charge in [-0.3, -0.25) is 0 Å². The lowest BCUT2D eigenvalue weighted by molar-refractivity contribution is 0.551. The van der Waals surface area contributed by atoms with Gasteiger partial charge >= 0.3 is 0 Å². The van der Waals surface area contributed by atoms with Crippen LogP contribution in [0.25, 0.3) is 0 Å². The minimum absolute atomic E-state index is 0.114. The lowest BCUT2D eigenvalue weighted by Gasteiger charge is -2.15. The third-order valence-electron chi connectivity index (χ3n) is 4.39. The van der Waals surface area contributed by atoms with Crippen LogP contribution in [0.2, 0.25) is 0 Å². The van der Waals surface area contributed by atoms with Gasteiger partial charge in [0.1, 0.15) is 0 Å². The zero-order chi connectivity index (χ0) is 14.9. The van der Waals surface area contributed by atoms with Gasteiger partial charge in [0.25, 0.3) is 0 Å². The van der Waals surface area contributed by atoms with Gasteiger partial charge in [0, 0.05) is 18.6 Å². The molecule has 0 heterocycles. The molecule has 2 N–H and O–H groups in total. The Kier molecular flexibility index (Phi) is 4.33. The Labute approximate surface area is 127 Å². The summed E-state index contributed by atoms with van der Waals surface area (Å²) < 4.78 is 28.0. The van der Waals surface area contributed by atoms with Gasteiger partial charge < -0.3 is 5.32 Å². The van der Waals surface area contributed by atoms with Crippen LogP contribution < -0.4 is 10.0 Å². The topological polar surface area (TPSA) is 58.2 Å². The van der Waals surface area contributed by atoms with E-state index in [1.165, 1.54) is 12.8 Å². The number of rotatable bonds is 6. The van der Waals surface area contributed by atoms with E-state index >= 15 is 0 Å². The van der Waals surface area contributed by atoms with Crippen LogP contribution in [0.15, 0.2) is 23.1 Å². The largest absolute Gasteiger partial charge is 0.310 e. The number of benzene rings is 1. The summed E-state index contributed by atoms with van der Waals surface area (Å²) in [6.45, 7) is 2.61. The molecule has 4 nitrogen and oxygen atoms in total. The van der Waals surface area contributed by atoms with E-state index in [9.17, 15) is 8.42 Å². The van der Waals surface area contributed by atoms with Crippen molar-refractivity contribution in [3.05, 3.63) is 29.3 Å². The van der Waals surface area contributed by atoms with Crippen LogP contribution >= 0.6 is 0 Å². The standard InChI is InChI=1S/C16H24N2O2S/c1-12-6-7-13(11-17-14-8-9-14)10-16(12)21(19,20)18-15-4-2-3-5-15/h6-7,10,14-15,17-18H,2-5,8-9,11H2,1H3. The summed E-state index contributed by atoms with van der Waals surface area (Å²) in [5, 5.41) is 3.43. The summed E-state index contributed by atoms with van der Waals surface area (Å²) in [6.07, 6.45) is 6.64. The van der Waals surface area contributed by atoms with E-state index in [0.29, 0.717) is 10.9 Å². The Balaban J connectivity index is 1.76. The normalized spacial score (nSPS) is 20.0. The maximum atomic E-state index is 12.6. The van der Waals surface area contributed by atoms with Crippen molar-refractivity contribution in [1.82, 2.24) is 10.0 Å². The van der Waals surface area contributed by atoms with Crippen LogP contribution in [0.5, 0.6) is 0 Å². The molecule has 116 valence electrons. The SMILES string of the molecule is Cc1ccc(CNC2CC2)cc1S(=O)(=O)NC1CCCC1. The van der Waals surface area contributed by atoms with Gasteiger partial charge in [-0.15, -0.1) is 0 Å². The quantitative estimate of drug-likeness (QED) is 0.849. The van der Waals surface area contributed by atoms with Gasteiger partial charge in [-0.25, -0.2) is 13.1 Å². The van der Waals surface area contributed by atoms with Gasteiger partial charge in [0.2, 0.25) is 10.0 Å². The fraction of sp³-hybridized carbons (Fsp3) is 0.625. The second-order valence-electron chi connectivity index (χ2n) is 6.36. The van der Waals surface area contributed by atoms with Crippen molar-refractivity contribution in [3.63, 3.8) is 0 Å². The fourth-order valence-corrected chi connectivity index (χ4v) is 4.52. The van der Waals surface area contributed by atoms with E-state index < -0.39 is 10.0 Å². The molecular weight excluding hydrogens is 284 g/mol. The molecule has 2 aliphatic rings. The third kappa shape index (κ3) is 3.84. The first-order valence-corrected chi connectivity index (χ1v) is 9.38. The molecule has 1 aromatic carbocycles. The molecule has 5 heteroatoms. The lowest BCUT2D eigenvalue weighted by atomic mass is 10.1. The van der Waals surface area contributed by atoms with E-state index in [1.54, 1.807) is 0 Å². The van der Waals surface area contributed by atoms with Crippen LogP contribution in [0, 0.1) is 6.92 Å². The van der Waals surface area contributed by atoms with Crippen LogP contribution in [-0.2, 0) is 16.6 Å². The van der Waals surface area contributed by atoms with E-state index in [4.69, 9.17) is 0 Å². The summed E-state index contributed by atoms with van der Waals surface area (Å²) in [5.74, 6) is 0. The number of nitrogens with one attached hydrogen (secondary N) is 2. The Morgan fingerprint density at radius 2 is 1.81 bits per heavy atom. The molecule has 3 rings (SSSR count). The van der Waals surface area contributed by atoms with Crippen LogP contribution in [-0.4, -0.2) is 20.5 Å². The van der Waals surface area contributed by atoms with E-state index in [2.05, 4.69) is 10.0 Å². The van der Waals surface area contributed by atoms with Gasteiger partial charge in [-0.05, 0) is 49.8 Å². The van der Waals surface area contributed by atoms with Crippen molar-refractivity contribution in [1.29, 1.82) is 0 Å². The molecule has 0 spiro atoms. The smallest absolute Gasteiger partial charge is 0.241 e. The Morgan fingerprint density at radius 1 is 1.10 bits per heavy atom. The summed E-state index contributed by atoms with van der Waals surface area (Å²) in [5.41, 5.74) is 1.86. The number of sulfonamides is 1. The minimum Gasteiger partial charge on any atom is -0.310 e. The molecule has 0 saturated heterocycles. The fourth-order valence-electron chi connectivity index (χ4n) is 2.92. The maximum Gasteiger partial charge on any atom is 0.241 e. The summed E-state index contributed by atoms with van der Waals surface area (Å²) in [4.78, 5) is 0.435. The Morgan fingerprint density at radius 3 is 2.48 bits per heavy atom. The number of hydrogen-bond donors (Lipinski definition) is 2. The van der Waals surface area contributed by atoms with Gasteiger partial charge in [-0.2, -0.15) is 0 Å². The zero-order valence-electron chi connectivity index (χ0n) is 12.6. The number of aryl methyl sites for hydroxylation is 1. The average molecular weight is 308 g/mol. The molecule has 21 heavy (non-hydrogen) atoms. The summed E-state index contributed by atoms with van der Waals surface area (Å²) in [7, 11) is -3.40. The minimum atomic E-state index is -3.40. The van der Waals surface area contributed by atoms with Crippen LogP contribution in [0.1, 0.15) is 49.7 Å². The lowest BCUT2D eigenvalue weighted by Crippen LogP contribution is -2.33. The highest BCUT2D eigenvalue weighted by molar-refractivity contribution is 7.89. The molecular formula is C16H24N2O2S. The second-order valence-corrected chi connectivity index (χ2v) is 8.04. The molecule has 0 aromatic heterocycles. The molecule has 0 bridgehead atoms. The average Bonchev–Trinajstić information content (AvgIpc) is 3.14. The summed E-state index contributed by atoms with van der Waals surface area (Å²) in [6, 6.07) is 6.49. The maximum absolute atomic E-state index is 12.6. The Bertz CT molecular complexity index is 603. The van der Waals surface area contributed by atoms with E-state index in [0.717, 1.165) is 43.4 Å². The number of hydrogen-bond acceptors (Lipinski definition) is 3. The Hall–Kier alpha value is -0.910. The highest BCUT2D eigenvalue weighted by Crippen LogP contribution is 2.23. The third-order valence-corrected chi connectivity index (χ3v) is 6.05. The van der Waals surface area contributed by atoms with Gasteiger partial charge in [0.15, 0.2) is 0 Å². The second kappa shape index (κ2) is 6.07. The first kappa shape index (κ1) is 15.0. The van der Waals surface area contributed by atoms with Gasteiger partial charge in [0.05, 0.1) is 4.90 Å². The first-order valence-electron chi connectivity index (χ1n) is 7.90. The monoisotopic (exact) mass is 308 g/mol. The highest BCUT2D eigenvalue weighted by atomic mass is 32.2. The molecule has 0 atom stereocenters. The first-order chi connectivity index (χ1) is 10.0. The van der Waals surface area contributed by atoms with Crippen molar-refractivity contribution < 1.29 is 8.42 Å². The molecule has 0 radical (unpaired) electrons. The van der Waals surface area contributed by atoms with Gasteiger partial charge in [-0.1, -0.05) is 25.0 Å². The molecule has 0 unspecified atom stereocenters. The molecule has 0 aliphatic heterocycles. The predicted molar refractivity (Wildman–Crippen MR) is 83.6 cm³/mol. The van der Waals surface area contributed by atoms with Crippen LogP contribution in [0.4, 0.5) is 0 Å². The predicted octanol–water partition coefficient (Wildman–Crippen LogP) is 2.47. The highest BCUT2D eigenvalue weighted by Gasteiger charge is 2.25. The molecule has 0 amide bonds. The van der Waals surface area contributed by atoms with Crippen molar-refractivity contribution >= 4 is 10.0 Å². The van der Waals surface area contributed by atoms with Crippen molar-refractivity contribution in [2.24, 2.45) is 0 Å². The molecule has 2 fully saturated rings. The van der Waals surface area contributed by atoms with E-state index in [-0.39, 0.29) is 6.04 Å². The van der Waals surface area contributed by atoms with E-state index in [1.807, 2.05) is 25.1 Å². The van der Waals surface area contributed by atoms with Crippen molar-refractivity contribution in [2.45, 2.75) is 69.0 Å². The van der Waals surface area contributed by atoms with Crippen molar-refractivity contribution in [3.8, 4) is 0 Å². The van der Waals surface area contributed by atoms with Crippen LogP contribution in [0.3, 0.4) is 0 Å². The molecule has 2 aliphatic carbocycles. The molecule has 2 saturated carbocycles. The molecule has 1 aromatic rings. The van der Waals surface area contributed by atoms with Crippen molar-refractivity contribution in [2.75, 3.05) is 0 Å².